The highest BCUT2D eigenvalue weighted by Gasteiger charge is 2.38. The Bertz CT molecular complexity index is 966. The van der Waals surface area contributed by atoms with E-state index in [0.29, 0.717) is 25.0 Å². The second-order valence-electron chi connectivity index (χ2n) is 8.73. The lowest BCUT2D eigenvalue weighted by molar-refractivity contribution is 0.0502. The Morgan fingerprint density at radius 1 is 1.34 bits per heavy atom. The van der Waals surface area contributed by atoms with Crippen molar-refractivity contribution < 1.29 is 17.9 Å². The van der Waals surface area contributed by atoms with Gasteiger partial charge < -0.3 is 10.1 Å². The Hall–Kier alpha value is -2.35. The summed E-state index contributed by atoms with van der Waals surface area (Å²) >= 11 is 0. The Morgan fingerprint density at radius 3 is 2.69 bits per heavy atom. The number of hydrogen-bond donors (Lipinski definition) is 1. The highest BCUT2D eigenvalue weighted by atomic mass is 32.2. The smallest absolute Gasteiger partial charge is 0.407 e. The van der Waals surface area contributed by atoms with Crippen molar-refractivity contribution in [1.29, 1.82) is 0 Å². The van der Waals surface area contributed by atoms with Gasteiger partial charge in [-0.1, -0.05) is 30.4 Å². The molecule has 1 N–H and O–H groups in total. The molecule has 0 radical (unpaired) electrons. The van der Waals surface area contributed by atoms with Gasteiger partial charge in [-0.25, -0.2) is 13.2 Å². The van der Waals surface area contributed by atoms with E-state index in [1.165, 1.54) is 6.20 Å². The van der Waals surface area contributed by atoms with Gasteiger partial charge in [0.25, 0.3) is 10.0 Å². The van der Waals surface area contributed by atoms with Gasteiger partial charge >= 0.3 is 6.09 Å². The van der Waals surface area contributed by atoms with E-state index in [1.54, 1.807) is 25.1 Å². The number of allylic oxidation sites excluding steroid dienone is 4. The second kappa shape index (κ2) is 7.82. The van der Waals surface area contributed by atoms with Gasteiger partial charge in [0.1, 0.15) is 10.3 Å². The molecular weight excluding hydrogens is 390 g/mol. The van der Waals surface area contributed by atoms with Crippen LogP contribution in [-0.4, -0.2) is 40.1 Å². The lowest BCUT2D eigenvalue weighted by atomic mass is 9.93. The molecule has 3 rings (SSSR count). The van der Waals surface area contributed by atoms with Crippen LogP contribution < -0.4 is 5.32 Å². The predicted octanol–water partition coefficient (Wildman–Crippen LogP) is 3.80. The number of rotatable bonds is 4. The predicted molar refractivity (Wildman–Crippen MR) is 113 cm³/mol. The third-order valence-corrected chi connectivity index (χ3v) is 7.26. The summed E-state index contributed by atoms with van der Waals surface area (Å²) in [6.07, 6.45) is 12.8. The minimum absolute atomic E-state index is 0.00232. The van der Waals surface area contributed by atoms with Crippen LogP contribution in [0.4, 0.5) is 4.79 Å². The van der Waals surface area contributed by atoms with E-state index in [1.807, 2.05) is 39.0 Å². The summed E-state index contributed by atoms with van der Waals surface area (Å²) in [5, 5.41) is 7.23. The van der Waals surface area contributed by atoms with Crippen LogP contribution in [0.15, 0.2) is 42.6 Å². The van der Waals surface area contributed by atoms with Crippen LogP contribution >= 0.6 is 0 Å². The number of carbonyl (C=O) groups is 1. The standard InChI is InChI=1S/C21H29N3O4S/c1-20(2,3)28-19(25)22-17-10-8-16(9-11-17)18-12-15-24(23-18)29(26,27)21(4)13-6-5-7-14-21/h5-8,12-13,15,17H,9-11,14H2,1-4H3,(H,22,25). The maximum absolute atomic E-state index is 13.0. The average molecular weight is 420 g/mol. The number of amides is 1. The fourth-order valence-electron chi connectivity index (χ4n) is 3.40. The first-order valence-corrected chi connectivity index (χ1v) is 11.3. The van der Waals surface area contributed by atoms with Crippen molar-refractivity contribution in [3.63, 3.8) is 0 Å². The molecule has 1 heterocycles. The van der Waals surface area contributed by atoms with Crippen molar-refractivity contribution in [1.82, 2.24) is 14.5 Å². The van der Waals surface area contributed by atoms with Gasteiger partial charge in [0.05, 0.1) is 5.69 Å². The molecule has 2 aliphatic carbocycles. The van der Waals surface area contributed by atoms with E-state index in [-0.39, 0.29) is 6.04 Å². The van der Waals surface area contributed by atoms with Crippen LogP contribution in [0.3, 0.4) is 0 Å². The molecule has 0 spiro atoms. The number of nitrogens with zero attached hydrogens (tertiary/aromatic N) is 2. The molecule has 158 valence electrons. The normalized spacial score (nSPS) is 24.8. The number of carbonyl (C=O) groups excluding carboxylic acids is 1. The Kier molecular flexibility index (Phi) is 5.76. The van der Waals surface area contributed by atoms with Gasteiger partial charge in [0.2, 0.25) is 0 Å². The first kappa shape index (κ1) is 21.4. The maximum Gasteiger partial charge on any atom is 0.407 e. The van der Waals surface area contributed by atoms with Crippen molar-refractivity contribution in [3.05, 3.63) is 48.3 Å². The summed E-state index contributed by atoms with van der Waals surface area (Å²) < 4.78 is 31.4. The molecule has 2 aliphatic rings. The molecule has 0 aliphatic heterocycles. The molecule has 1 amide bonds. The number of alkyl carbamates (subject to hydrolysis) is 1. The minimum Gasteiger partial charge on any atom is -0.444 e. The molecule has 29 heavy (non-hydrogen) atoms. The minimum atomic E-state index is -3.66. The molecular formula is C21H29N3O4S. The summed E-state index contributed by atoms with van der Waals surface area (Å²) in [5.74, 6) is 0. The van der Waals surface area contributed by atoms with Crippen LogP contribution in [0.5, 0.6) is 0 Å². The van der Waals surface area contributed by atoms with Gasteiger partial charge in [-0.2, -0.15) is 9.19 Å². The van der Waals surface area contributed by atoms with Gasteiger partial charge in [0, 0.05) is 12.2 Å². The van der Waals surface area contributed by atoms with E-state index >= 15 is 0 Å². The average Bonchev–Trinajstić information content (AvgIpc) is 3.12. The van der Waals surface area contributed by atoms with Crippen molar-refractivity contribution in [3.8, 4) is 0 Å². The summed E-state index contributed by atoms with van der Waals surface area (Å²) in [7, 11) is -3.66. The van der Waals surface area contributed by atoms with E-state index in [4.69, 9.17) is 4.74 Å². The molecule has 1 aromatic heterocycles. The van der Waals surface area contributed by atoms with Crippen molar-refractivity contribution in [2.75, 3.05) is 0 Å². The first-order valence-electron chi connectivity index (χ1n) is 9.84. The van der Waals surface area contributed by atoms with Crippen LogP contribution in [0.1, 0.15) is 59.1 Å². The van der Waals surface area contributed by atoms with E-state index < -0.39 is 26.5 Å². The highest BCUT2D eigenvalue weighted by molar-refractivity contribution is 7.91. The SMILES string of the molecule is CC(C)(C)OC(=O)NC1CC=C(c2ccn(S(=O)(=O)C3(C)C=CC=CC3)n2)CC1. The quantitative estimate of drug-likeness (QED) is 0.802. The Balaban J connectivity index is 1.67. The third-order valence-electron chi connectivity index (χ3n) is 5.08. The molecule has 0 saturated heterocycles. The Morgan fingerprint density at radius 2 is 2.10 bits per heavy atom. The maximum atomic E-state index is 13.0. The van der Waals surface area contributed by atoms with Crippen LogP contribution in [0.2, 0.25) is 0 Å². The molecule has 0 bridgehead atoms. The van der Waals surface area contributed by atoms with Crippen LogP contribution in [0.25, 0.3) is 5.57 Å². The van der Waals surface area contributed by atoms with E-state index in [0.717, 1.165) is 16.1 Å². The van der Waals surface area contributed by atoms with Gasteiger partial charge in [-0.3, -0.25) is 0 Å². The number of hydrogen-bond acceptors (Lipinski definition) is 5. The molecule has 8 heteroatoms. The lowest BCUT2D eigenvalue weighted by Gasteiger charge is -2.26. The van der Waals surface area contributed by atoms with Crippen molar-refractivity contribution in [2.45, 2.75) is 69.8 Å². The fraction of sp³-hybridized carbons (Fsp3) is 0.524. The largest absolute Gasteiger partial charge is 0.444 e. The monoisotopic (exact) mass is 419 g/mol. The summed E-state index contributed by atoms with van der Waals surface area (Å²) in [4.78, 5) is 11.9. The number of aromatic nitrogens is 2. The zero-order valence-electron chi connectivity index (χ0n) is 17.4. The molecule has 1 aromatic rings. The summed E-state index contributed by atoms with van der Waals surface area (Å²) in [6, 6.07) is 1.73. The second-order valence-corrected chi connectivity index (χ2v) is 11.0. The van der Waals surface area contributed by atoms with E-state index in [2.05, 4.69) is 10.4 Å². The topological polar surface area (TPSA) is 90.3 Å². The van der Waals surface area contributed by atoms with E-state index in [9.17, 15) is 13.2 Å². The van der Waals surface area contributed by atoms with Gasteiger partial charge in [-0.05, 0) is 65.0 Å². The summed E-state index contributed by atoms with van der Waals surface area (Å²) in [6.45, 7) is 7.19. The zero-order chi connectivity index (χ0) is 21.3. The van der Waals surface area contributed by atoms with Crippen molar-refractivity contribution in [2.24, 2.45) is 0 Å². The highest BCUT2D eigenvalue weighted by Crippen LogP contribution is 2.30. The molecule has 7 nitrogen and oxygen atoms in total. The molecule has 0 fully saturated rings. The fourth-order valence-corrected chi connectivity index (χ4v) is 4.80. The molecule has 0 aromatic carbocycles. The van der Waals surface area contributed by atoms with Crippen LogP contribution in [-0.2, 0) is 14.8 Å². The number of ether oxygens (including phenoxy) is 1. The third kappa shape index (κ3) is 4.80. The first-order chi connectivity index (χ1) is 13.5. The lowest BCUT2D eigenvalue weighted by Crippen LogP contribution is -2.39. The number of nitrogens with one attached hydrogen (secondary N) is 1. The zero-order valence-corrected chi connectivity index (χ0v) is 18.2. The molecule has 0 saturated carbocycles. The van der Waals surface area contributed by atoms with Gasteiger partial charge in [0.15, 0.2) is 0 Å². The Labute approximate surface area is 172 Å². The van der Waals surface area contributed by atoms with Gasteiger partial charge in [-0.15, -0.1) is 0 Å². The van der Waals surface area contributed by atoms with Crippen molar-refractivity contribution >= 4 is 21.7 Å². The molecule has 2 atom stereocenters. The van der Waals surface area contributed by atoms with Crippen LogP contribution in [0, 0.1) is 0 Å². The summed E-state index contributed by atoms with van der Waals surface area (Å²) in [5.41, 5.74) is 1.12. The molecule has 2 unspecified atom stereocenters.